The maximum absolute atomic E-state index is 11.4. The highest BCUT2D eigenvalue weighted by atomic mass is 16.6. The smallest absolute Gasteiger partial charge is 0.339 e. The molecule has 0 unspecified atom stereocenters. The first-order valence-electron chi connectivity index (χ1n) is 6.25. The molecule has 1 rings (SSSR count). The SMILES string of the molecule is CC(C)NC(=O)CCOc1c(C(=O)O)cccc1[N+](=O)[O-]. The normalized spacial score (nSPS) is 10.2. The van der Waals surface area contributed by atoms with E-state index < -0.39 is 16.6 Å². The zero-order valence-corrected chi connectivity index (χ0v) is 11.7. The van der Waals surface area contributed by atoms with Gasteiger partial charge in [-0.15, -0.1) is 0 Å². The summed E-state index contributed by atoms with van der Waals surface area (Å²) >= 11 is 0. The molecular weight excluding hydrogens is 280 g/mol. The third kappa shape index (κ3) is 4.75. The summed E-state index contributed by atoms with van der Waals surface area (Å²) in [6, 6.07) is 3.59. The van der Waals surface area contributed by atoms with Crippen LogP contribution in [0.15, 0.2) is 18.2 Å². The second-order valence-corrected chi connectivity index (χ2v) is 4.54. The number of nitro groups is 1. The molecular formula is C13H16N2O6. The standard InChI is InChI=1S/C13H16N2O6/c1-8(2)14-11(16)6-7-21-12-9(13(17)18)4-3-5-10(12)15(19)20/h3-5,8H,6-7H2,1-2H3,(H,14,16)(H,17,18). The molecule has 0 heterocycles. The largest absolute Gasteiger partial charge is 0.486 e. The minimum Gasteiger partial charge on any atom is -0.486 e. The van der Waals surface area contributed by atoms with Crippen LogP contribution in [0.1, 0.15) is 30.6 Å². The Kier molecular flexibility index (Phi) is 5.65. The van der Waals surface area contributed by atoms with E-state index in [-0.39, 0.29) is 36.3 Å². The van der Waals surface area contributed by atoms with Gasteiger partial charge >= 0.3 is 11.7 Å². The number of ether oxygens (including phenoxy) is 1. The Morgan fingerprint density at radius 2 is 2.10 bits per heavy atom. The number of aromatic carboxylic acids is 1. The molecule has 0 aliphatic heterocycles. The quantitative estimate of drug-likeness (QED) is 0.582. The van der Waals surface area contributed by atoms with Gasteiger partial charge in [0, 0.05) is 12.1 Å². The van der Waals surface area contributed by atoms with E-state index >= 15 is 0 Å². The molecule has 1 aromatic rings. The lowest BCUT2D eigenvalue weighted by molar-refractivity contribution is -0.385. The second-order valence-electron chi connectivity index (χ2n) is 4.54. The van der Waals surface area contributed by atoms with Crippen molar-refractivity contribution >= 4 is 17.6 Å². The van der Waals surface area contributed by atoms with Crippen molar-refractivity contribution in [1.82, 2.24) is 5.32 Å². The summed E-state index contributed by atoms with van der Waals surface area (Å²) in [6.45, 7) is 3.44. The highest BCUT2D eigenvalue weighted by molar-refractivity contribution is 5.92. The number of carbonyl (C=O) groups excluding carboxylic acids is 1. The summed E-state index contributed by atoms with van der Waals surface area (Å²) in [5, 5.41) is 22.5. The molecule has 0 bridgehead atoms. The fourth-order valence-electron chi connectivity index (χ4n) is 1.63. The number of carbonyl (C=O) groups is 2. The van der Waals surface area contributed by atoms with Crippen LogP contribution in [-0.4, -0.2) is 34.6 Å². The van der Waals surface area contributed by atoms with Crippen molar-refractivity contribution in [3.63, 3.8) is 0 Å². The number of carboxylic acid groups (broad SMARTS) is 1. The van der Waals surface area contributed by atoms with Crippen molar-refractivity contribution in [2.24, 2.45) is 0 Å². The summed E-state index contributed by atoms with van der Waals surface area (Å²) in [7, 11) is 0. The molecule has 114 valence electrons. The van der Waals surface area contributed by atoms with Gasteiger partial charge in [0.05, 0.1) is 18.0 Å². The third-order valence-corrected chi connectivity index (χ3v) is 2.45. The molecule has 0 fully saturated rings. The van der Waals surface area contributed by atoms with E-state index in [0.717, 1.165) is 6.07 Å². The Bertz CT molecular complexity index is 523. The van der Waals surface area contributed by atoms with E-state index in [0.29, 0.717) is 0 Å². The third-order valence-electron chi connectivity index (χ3n) is 2.45. The fraction of sp³-hybridized carbons (Fsp3) is 0.385. The van der Waals surface area contributed by atoms with Gasteiger partial charge in [-0.1, -0.05) is 6.07 Å². The van der Waals surface area contributed by atoms with Crippen molar-refractivity contribution in [2.75, 3.05) is 6.61 Å². The van der Waals surface area contributed by atoms with E-state index in [1.807, 2.05) is 0 Å². The molecule has 1 aromatic carbocycles. The van der Waals surface area contributed by atoms with Crippen LogP contribution in [0.25, 0.3) is 0 Å². The van der Waals surface area contributed by atoms with Gasteiger partial charge in [-0.05, 0) is 19.9 Å². The lowest BCUT2D eigenvalue weighted by Crippen LogP contribution is -2.31. The average molecular weight is 296 g/mol. The molecule has 0 aliphatic carbocycles. The number of hydrogen-bond donors (Lipinski definition) is 2. The van der Waals surface area contributed by atoms with Gasteiger partial charge in [-0.3, -0.25) is 14.9 Å². The molecule has 0 aromatic heterocycles. The molecule has 21 heavy (non-hydrogen) atoms. The first kappa shape index (κ1) is 16.4. The zero-order chi connectivity index (χ0) is 16.0. The summed E-state index contributed by atoms with van der Waals surface area (Å²) in [4.78, 5) is 32.7. The molecule has 0 saturated heterocycles. The number of amides is 1. The second kappa shape index (κ2) is 7.22. The van der Waals surface area contributed by atoms with E-state index in [1.165, 1.54) is 12.1 Å². The molecule has 8 nitrogen and oxygen atoms in total. The van der Waals surface area contributed by atoms with Gasteiger partial charge in [-0.2, -0.15) is 0 Å². The summed E-state index contributed by atoms with van der Waals surface area (Å²) in [6.07, 6.45) is -0.0245. The number of nitrogens with one attached hydrogen (secondary N) is 1. The number of rotatable bonds is 7. The predicted octanol–water partition coefficient (Wildman–Crippen LogP) is 1.59. The lowest BCUT2D eigenvalue weighted by atomic mass is 10.1. The lowest BCUT2D eigenvalue weighted by Gasteiger charge is -2.11. The number of para-hydroxylation sites is 1. The van der Waals surface area contributed by atoms with Crippen LogP contribution in [-0.2, 0) is 4.79 Å². The Morgan fingerprint density at radius 1 is 1.43 bits per heavy atom. The van der Waals surface area contributed by atoms with E-state index in [2.05, 4.69) is 5.32 Å². The van der Waals surface area contributed by atoms with Gasteiger partial charge in [-0.25, -0.2) is 4.79 Å². The fourth-order valence-corrected chi connectivity index (χ4v) is 1.63. The zero-order valence-electron chi connectivity index (χ0n) is 11.7. The van der Waals surface area contributed by atoms with Crippen LogP contribution in [0.2, 0.25) is 0 Å². The molecule has 0 spiro atoms. The maximum atomic E-state index is 11.4. The highest BCUT2D eigenvalue weighted by Crippen LogP contribution is 2.31. The number of hydrogen-bond acceptors (Lipinski definition) is 5. The van der Waals surface area contributed by atoms with Crippen molar-refractivity contribution in [1.29, 1.82) is 0 Å². The average Bonchev–Trinajstić information content (AvgIpc) is 2.37. The van der Waals surface area contributed by atoms with Gasteiger partial charge in [0.2, 0.25) is 11.7 Å². The summed E-state index contributed by atoms with van der Waals surface area (Å²) < 4.78 is 5.16. The van der Waals surface area contributed by atoms with Gasteiger partial charge < -0.3 is 15.2 Å². The minimum absolute atomic E-state index is 0.0245. The van der Waals surface area contributed by atoms with Crippen molar-refractivity contribution in [2.45, 2.75) is 26.3 Å². The summed E-state index contributed by atoms with van der Waals surface area (Å²) in [5.41, 5.74) is -0.757. The summed E-state index contributed by atoms with van der Waals surface area (Å²) in [5.74, 6) is -1.95. The Morgan fingerprint density at radius 3 is 2.62 bits per heavy atom. The van der Waals surface area contributed by atoms with E-state index in [4.69, 9.17) is 9.84 Å². The predicted molar refractivity (Wildman–Crippen MR) is 73.4 cm³/mol. The first-order chi connectivity index (χ1) is 9.82. The molecule has 8 heteroatoms. The molecule has 0 aliphatic rings. The molecule has 0 saturated carbocycles. The van der Waals surface area contributed by atoms with Crippen LogP contribution < -0.4 is 10.1 Å². The number of nitrogens with zero attached hydrogens (tertiary/aromatic N) is 1. The number of nitro benzene ring substituents is 1. The van der Waals surface area contributed by atoms with Gasteiger partial charge in [0.25, 0.3) is 0 Å². The van der Waals surface area contributed by atoms with Gasteiger partial charge in [0.15, 0.2) is 0 Å². The Labute approximate surface area is 120 Å². The number of benzene rings is 1. The monoisotopic (exact) mass is 296 g/mol. The highest BCUT2D eigenvalue weighted by Gasteiger charge is 2.23. The van der Waals surface area contributed by atoms with E-state index in [1.54, 1.807) is 13.8 Å². The van der Waals surface area contributed by atoms with Crippen molar-refractivity contribution in [3.05, 3.63) is 33.9 Å². The molecule has 0 radical (unpaired) electrons. The maximum Gasteiger partial charge on any atom is 0.339 e. The van der Waals surface area contributed by atoms with Crippen LogP contribution >= 0.6 is 0 Å². The Balaban J connectivity index is 2.84. The number of carboxylic acids is 1. The van der Waals surface area contributed by atoms with E-state index in [9.17, 15) is 19.7 Å². The first-order valence-corrected chi connectivity index (χ1v) is 6.25. The Hall–Kier alpha value is -2.64. The van der Waals surface area contributed by atoms with Crippen LogP contribution in [0, 0.1) is 10.1 Å². The molecule has 2 N–H and O–H groups in total. The van der Waals surface area contributed by atoms with Crippen LogP contribution in [0.5, 0.6) is 5.75 Å². The van der Waals surface area contributed by atoms with Crippen molar-refractivity contribution in [3.8, 4) is 5.75 Å². The molecule has 1 amide bonds. The topological polar surface area (TPSA) is 119 Å². The van der Waals surface area contributed by atoms with Crippen molar-refractivity contribution < 1.29 is 24.4 Å². The van der Waals surface area contributed by atoms with Crippen LogP contribution in [0.3, 0.4) is 0 Å². The molecule has 0 atom stereocenters. The van der Waals surface area contributed by atoms with Gasteiger partial charge in [0.1, 0.15) is 5.56 Å². The van der Waals surface area contributed by atoms with Crippen LogP contribution in [0.4, 0.5) is 5.69 Å². The minimum atomic E-state index is -1.33.